The van der Waals surface area contributed by atoms with E-state index in [1.54, 1.807) is 0 Å². The van der Waals surface area contributed by atoms with Gasteiger partial charge in [0.15, 0.2) is 0 Å². The fourth-order valence-corrected chi connectivity index (χ4v) is 19.1. The van der Waals surface area contributed by atoms with E-state index < -0.39 is 0 Å². The van der Waals surface area contributed by atoms with E-state index >= 15 is 0 Å². The summed E-state index contributed by atoms with van der Waals surface area (Å²) in [4.78, 5) is 5.51. The first-order valence-electron chi connectivity index (χ1n) is 40.7. The summed E-state index contributed by atoms with van der Waals surface area (Å²) in [7, 11) is 0. The van der Waals surface area contributed by atoms with Gasteiger partial charge in [-0.05, 0) is 206 Å². The van der Waals surface area contributed by atoms with E-state index in [0.29, 0.717) is 0 Å². The van der Waals surface area contributed by atoms with Crippen LogP contribution in [0, 0.1) is 0 Å². The summed E-state index contributed by atoms with van der Waals surface area (Å²) in [6.45, 7) is 32.9. The Morgan fingerprint density at radius 2 is 0.772 bits per heavy atom. The van der Waals surface area contributed by atoms with Crippen LogP contribution >= 0.6 is 0 Å². The molecule has 0 fully saturated rings. The average Bonchev–Trinajstić information content (AvgIpc) is 0.871. The fourth-order valence-electron chi connectivity index (χ4n) is 19.1. The Morgan fingerprint density at radius 1 is 0.298 bits per heavy atom. The molecule has 0 atom stereocenters. The molecule has 0 radical (unpaired) electrons. The third-order valence-electron chi connectivity index (χ3n) is 25.1. The Labute approximate surface area is 671 Å². The van der Waals surface area contributed by atoms with Gasteiger partial charge < -0.3 is 18.8 Å². The summed E-state index contributed by atoms with van der Waals surface area (Å²) >= 11 is 0. The van der Waals surface area contributed by atoms with E-state index in [-0.39, 0.29) is 33.8 Å². The molecule has 0 amide bonds. The Balaban J connectivity index is 1.01. The van der Waals surface area contributed by atoms with Gasteiger partial charge in [0, 0.05) is 72.3 Å². The van der Waals surface area contributed by atoms with Crippen LogP contribution in [0.2, 0.25) is 0 Å². The lowest BCUT2D eigenvalue weighted by atomic mass is 9.33. The lowest BCUT2D eigenvalue weighted by Gasteiger charge is -2.46. The maximum atomic E-state index is 6.87. The predicted molar refractivity (Wildman–Crippen MR) is 487 cm³/mol. The standard InChI is InChI=1S/C109H94BN3O/c1-105(2,3)74-56-72(57-75(61-74)106(4,5)6)71-50-54-93-91(58-71)110-90-53-51-78(111-92-48-31-28-42-80(92)81-52-55-98-100(104(81)111)83-44-29-32-49-97(83)114-98)66-94(90)113(103-86(69-38-23-17-24-39-69)64-77(108(10,11)12)65-87(103)70-40-25-18-26-41-70)96-60-73(79-45-33-47-89-99(79)82-43-27-30-46-88(82)109(89,13)14)59-95(101(96)110)112(93)102-84(67-34-19-15-20-35-67)62-76(107(7,8)9)63-85(102)68-36-21-16-22-37-68/h15-66H,1-14H3. The highest BCUT2D eigenvalue weighted by molar-refractivity contribution is 7.00. The van der Waals surface area contributed by atoms with Crippen molar-refractivity contribution in [3.63, 3.8) is 0 Å². The lowest BCUT2D eigenvalue weighted by Crippen LogP contribution is -2.61. The van der Waals surface area contributed by atoms with Crippen molar-refractivity contribution in [2.45, 2.75) is 124 Å². The number of benzene rings is 15. The minimum absolute atomic E-state index is 0.122. The number of nitrogens with zero attached hydrogens (tertiary/aromatic N) is 3. The van der Waals surface area contributed by atoms with E-state index in [9.17, 15) is 0 Å². The van der Waals surface area contributed by atoms with Crippen LogP contribution in [-0.4, -0.2) is 11.3 Å². The van der Waals surface area contributed by atoms with Crippen LogP contribution in [0.3, 0.4) is 0 Å². The second-order valence-corrected chi connectivity index (χ2v) is 36.8. The molecule has 2 aromatic heterocycles. The number of fused-ring (bicyclic) bond motifs is 14. The molecule has 0 spiro atoms. The van der Waals surface area contributed by atoms with Crippen molar-refractivity contribution in [1.29, 1.82) is 0 Å². The van der Waals surface area contributed by atoms with Gasteiger partial charge in [-0.3, -0.25) is 0 Å². The highest BCUT2D eigenvalue weighted by atomic mass is 16.3. The summed E-state index contributed by atoms with van der Waals surface area (Å²) in [5.41, 5.74) is 38.8. The van der Waals surface area contributed by atoms with Crippen LogP contribution in [0.5, 0.6) is 0 Å². The summed E-state index contributed by atoms with van der Waals surface area (Å²) in [5.74, 6) is 0. The van der Waals surface area contributed by atoms with E-state index in [4.69, 9.17) is 4.42 Å². The van der Waals surface area contributed by atoms with Gasteiger partial charge in [-0.25, -0.2) is 0 Å². The molecule has 554 valence electrons. The Bertz CT molecular complexity index is 6630. The smallest absolute Gasteiger partial charge is 0.252 e. The number of hydrogen-bond donors (Lipinski definition) is 0. The topological polar surface area (TPSA) is 24.6 Å². The SMILES string of the molecule is CC(C)(C)c1cc(-c2ccc3c(c2)B2c4ccc(-n5c6ccccc6c6ccc7oc8ccccc8c7c65)cc4N(c4c(-c5ccccc5)cc(C(C)(C)C)cc4-c4ccccc4)c4cc(-c5cccc6c5-c5ccccc5C6(C)C)cc(c42)N3c2c(-c3ccccc3)cc(C(C)(C)C)cc2-c2ccccc2)cc(C(C)(C)C)c1. The summed E-state index contributed by atoms with van der Waals surface area (Å²) in [6.07, 6.45) is 0. The van der Waals surface area contributed by atoms with Gasteiger partial charge in [-0.2, -0.15) is 0 Å². The Kier molecular flexibility index (Phi) is 16.0. The molecule has 0 saturated carbocycles. The van der Waals surface area contributed by atoms with E-state index in [0.717, 1.165) is 123 Å². The summed E-state index contributed by atoms with van der Waals surface area (Å²) < 4.78 is 9.42. The van der Waals surface area contributed by atoms with Gasteiger partial charge in [-0.15, -0.1) is 0 Å². The second kappa shape index (κ2) is 25.8. The zero-order valence-electron chi connectivity index (χ0n) is 67.8. The quantitative estimate of drug-likeness (QED) is 0.135. The number of rotatable bonds is 9. The molecular formula is C109H94BN3O. The van der Waals surface area contributed by atoms with E-state index in [2.05, 4.69) is 427 Å². The largest absolute Gasteiger partial charge is 0.456 e. The Morgan fingerprint density at radius 3 is 1.32 bits per heavy atom. The molecule has 5 heteroatoms. The molecule has 0 N–H and O–H groups in total. The van der Waals surface area contributed by atoms with Crippen LogP contribution in [0.15, 0.2) is 320 Å². The van der Waals surface area contributed by atoms with Gasteiger partial charge in [0.25, 0.3) is 6.71 Å². The number of aromatic nitrogens is 1. The molecule has 1 aliphatic carbocycles. The first-order valence-corrected chi connectivity index (χ1v) is 40.7. The number of hydrogen-bond acceptors (Lipinski definition) is 3. The summed E-state index contributed by atoms with van der Waals surface area (Å²) in [5, 5.41) is 4.55. The minimum Gasteiger partial charge on any atom is -0.456 e. The predicted octanol–water partition coefficient (Wildman–Crippen LogP) is 28.3. The highest BCUT2D eigenvalue weighted by Crippen LogP contribution is 2.58. The fraction of sp³-hybridized carbons (Fsp3) is 0.174. The van der Waals surface area contributed by atoms with Crippen LogP contribution in [-0.2, 0) is 27.1 Å². The van der Waals surface area contributed by atoms with Crippen molar-refractivity contribution in [2.75, 3.05) is 9.80 Å². The van der Waals surface area contributed by atoms with Gasteiger partial charge >= 0.3 is 0 Å². The van der Waals surface area contributed by atoms with Crippen LogP contribution < -0.4 is 26.2 Å². The van der Waals surface area contributed by atoms with Crippen molar-refractivity contribution in [1.82, 2.24) is 4.57 Å². The third kappa shape index (κ3) is 11.2. The molecule has 15 aromatic carbocycles. The maximum Gasteiger partial charge on any atom is 0.252 e. The average molecular weight is 1470 g/mol. The molecule has 0 saturated heterocycles. The van der Waals surface area contributed by atoms with Crippen molar-refractivity contribution in [2.24, 2.45) is 0 Å². The van der Waals surface area contributed by atoms with Crippen LogP contribution in [0.1, 0.15) is 130 Å². The minimum atomic E-state index is -0.323. The lowest BCUT2D eigenvalue weighted by molar-refractivity contribution is 0.569. The monoisotopic (exact) mass is 1470 g/mol. The number of para-hydroxylation sites is 2. The highest BCUT2D eigenvalue weighted by Gasteiger charge is 2.47. The maximum absolute atomic E-state index is 6.87. The first kappa shape index (κ1) is 70.7. The van der Waals surface area contributed by atoms with E-state index in [1.807, 2.05) is 0 Å². The van der Waals surface area contributed by atoms with Gasteiger partial charge in [0.1, 0.15) is 11.2 Å². The van der Waals surface area contributed by atoms with E-state index in [1.165, 1.54) is 88.4 Å². The molecule has 3 aliphatic rings. The van der Waals surface area contributed by atoms with Crippen LogP contribution in [0.4, 0.5) is 34.1 Å². The van der Waals surface area contributed by atoms with Crippen LogP contribution in [0.25, 0.3) is 127 Å². The van der Waals surface area contributed by atoms with Crippen molar-refractivity contribution >= 4 is 101 Å². The van der Waals surface area contributed by atoms with Gasteiger partial charge in [0.2, 0.25) is 0 Å². The zero-order valence-corrected chi connectivity index (χ0v) is 67.8. The normalized spacial score (nSPS) is 13.7. The first-order chi connectivity index (χ1) is 54.8. The van der Waals surface area contributed by atoms with Crippen molar-refractivity contribution in [3.8, 4) is 83.6 Å². The number of furan rings is 1. The molecule has 4 heterocycles. The zero-order chi connectivity index (χ0) is 78.2. The molecule has 0 unspecified atom stereocenters. The molecule has 114 heavy (non-hydrogen) atoms. The molecule has 20 rings (SSSR count). The van der Waals surface area contributed by atoms with Crippen molar-refractivity contribution < 1.29 is 4.42 Å². The van der Waals surface area contributed by atoms with Crippen molar-refractivity contribution in [3.05, 3.63) is 349 Å². The molecular weight excluding hydrogens is 1380 g/mol. The molecule has 0 bridgehead atoms. The Hall–Kier alpha value is -12.4. The third-order valence-corrected chi connectivity index (χ3v) is 25.1. The van der Waals surface area contributed by atoms with Gasteiger partial charge in [-0.1, -0.05) is 334 Å². The molecule has 4 nitrogen and oxygen atoms in total. The molecule has 2 aliphatic heterocycles. The second-order valence-electron chi connectivity index (χ2n) is 36.8. The number of anilines is 6. The van der Waals surface area contributed by atoms with Gasteiger partial charge in [0.05, 0.1) is 27.8 Å². The molecule has 17 aromatic rings. The summed E-state index contributed by atoms with van der Waals surface area (Å²) in [6, 6.07) is 121.